The predicted molar refractivity (Wildman–Crippen MR) is 143 cm³/mol. The van der Waals surface area contributed by atoms with Crippen LogP contribution >= 0.6 is 0 Å². The monoisotopic (exact) mass is 528 g/mol. The summed E-state index contributed by atoms with van der Waals surface area (Å²) in [7, 11) is 0. The van der Waals surface area contributed by atoms with Crippen LogP contribution in [0.2, 0.25) is 0 Å². The summed E-state index contributed by atoms with van der Waals surface area (Å²) >= 11 is 0. The number of benzene rings is 3. The third kappa shape index (κ3) is 5.81. The topological polar surface area (TPSA) is 96.4 Å². The number of aliphatic carboxylic acids is 1. The average molecular weight is 529 g/mol. The van der Waals surface area contributed by atoms with Gasteiger partial charge in [-0.2, -0.15) is 0 Å². The third-order valence-corrected chi connectivity index (χ3v) is 7.71. The maximum Gasteiger partial charge on any atom is 0.410 e. The smallest absolute Gasteiger partial charge is 0.410 e. The zero-order valence-electron chi connectivity index (χ0n) is 21.6. The standard InChI is InChI=1S/C31H32N2O6/c34-28(38-21-24-12-6-2-7-13-24)27-31(29(35)36)16-17-33(30(37)39-22-25-14-8-3-9-15-25)26(18-31)20-32(27)19-23-10-4-1-5-11-23/h1-15,26-27H,16-22H2,(H,35,36). The Morgan fingerprint density at radius 1 is 0.795 bits per heavy atom. The van der Waals surface area contributed by atoms with Crippen LogP contribution in [0.25, 0.3) is 0 Å². The Hall–Kier alpha value is -4.17. The van der Waals surface area contributed by atoms with E-state index >= 15 is 0 Å². The molecule has 0 aliphatic carbocycles. The molecule has 2 bridgehead atoms. The molecule has 3 unspecified atom stereocenters. The molecule has 3 aromatic carbocycles. The SMILES string of the molecule is O=C(OCc1ccccc1)C1N(Cc2ccccc2)CC2CC1(C(=O)O)CCN2C(=O)OCc1ccccc1. The fraction of sp³-hybridized carbons (Fsp3) is 0.323. The van der Waals surface area contributed by atoms with Gasteiger partial charge in [0, 0.05) is 25.7 Å². The van der Waals surface area contributed by atoms with Crippen molar-refractivity contribution in [2.45, 2.75) is 44.7 Å². The number of amides is 1. The van der Waals surface area contributed by atoms with Crippen LogP contribution in [0.4, 0.5) is 4.79 Å². The molecule has 1 amide bonds. The zero-order valence-corrected chi connectivity index (χ0v) is 21.6. The van der Waals surface area contributed by atoms with Crippen molar-refractivity contribution in [3.63, 3.8) is 0 Å². The lowest BCUT2D eigenvalue weighted by molar-refractivity contribution is -0.183. The number of piperidine rings is 2. The minimum Gasteiger partial charge on any atom is -0.481 e. The van der Waals surface area contributed by atoms with E-state index in [4.69, 9.17) is 9.47 Å². The maximum absolute atomic E-state index is 13.6. The van der Waals surface area contributed by atoms with Gasteiger partial charge in [0.25, 0.3) is 0 Å². The van der Waals surface area contributed by atoms with Crippen molar-refractivity contribution >= 4 is 18.0 Å². The number of esters is 1. The summed E-state index contributed by atoms with van der Waals surface area (Å²) in [6, 6.07) is 26.9. The number of hydrogen-bond acceptors (Lipinski definition) is 6. The van der Waals surface area contributed by atoms with Crippen molar-refractivity contribution < 1.29 is 29.0 Å². The van der Waals surface area contributed by atoms with E-state index in [-0.39, 0.29) is 32.6 Å². The second-order valence-electron chi connectivity index (χ2n) is 10.2. The van der Waals surface area contributed by atoms with E-state index in [2.05, 4.69) is 0 Å². The Morgan fingerprint density at radius 3 is 1.90 bits per heavy atom. The van der Waals surface area contributed by atoms with Crippen LogP contribution in [0.5, 0.6) is 0 Å². The van der Waals surface area contributed by atoms with Crippen molar-refractivity contribution in [3.05, 3.63) is 108 Å². The molecule has 3 aromatic rings. The van der Waals surface area contributed by atoms with E-state index in [9.17, 15) is 19.5 Å². The summed E-state index contributed by atoms with van der Waals surface area (Å²) in [5, 5.41) is 10.5. The van der Waals surface area contributed by atoms with Gasteiger partial charge in [0.15, 0.2) is 0 Å². The molecule has 0 aromatic heterocycles. The van der Waals surface area contributed by atoms with Crippen molar-refractivity contribution in [2.24, 2.45) is 5.41 Å². The fourth-order valence-corrected chi connectivity index (χ4v) is 5.78. The zero-order chi connectivity index (χ0) is 27.2. The van der Waals surface area contributed by atoms with Crippen LogP contribution in [0, 0.1) is 5.41 Å². The molecule has 1 N–H and O–H groups in total. The summed E-state index contributed by atoms with van der Waals surface area (Å²) in [5.41, 5.74) is 1.26. The van der Waals surface area contributed by atoms with Gasteiger partial charge in [0.05, 0.1) is 5.41 Å². The number of hydrogen-bond donors (Lipinski definition) is 1. The van der Waals surface area contributed by atoms with E-state index in [1.54, 1.807) is 4.90 Å². The van der Waals surface area contributed by atoms with Gasteiger partial charge < -0.3 is 19.5 Å². The van der Waals surface area contributed by atoms with Gasteiger partial charge in [-0.05, 0) is 29.5 Å². The molecule has 2 fully saturated rings. The number of carboxylic acids is 1. The molecule has 5 rings (SSSR count). The van der Waals surface area contributed by atoms with Crippen LogP contribution in [-0.2, 0) is 38.8 Å². The number of carbonyl (C=O) groups is 3. The average Bonchev–Trinajstić information content (AvgIpc) is 2.96. The second kappa shape index (κ2) is 11.7. The highest BCUT2D eigenvalue weighted by molar-refractivity contribution is 5.88. The summed E-state index contributed by atoms with van der Waals surface area (Å²) in [5.74, 6) is -1.61. The molecule has 0 spiro atoms. The highest BCUT2D eigenvalue weighted by Gasteiger charge is 2.60. The first-order chi connectivity index (χ1) is 19.0. The Kier molecular flexibility index (Phi) is 7.93. The molecule has 202 valence electrons. The molecular weight excluding hydrogens is 496 g/mol. The first-order valence-corrected chi connectivity index (χ1v) is 13.2. The molecular formula is C31H32N2O6. The van der Waals surface area contributed by atoms with Crippen molar-refractivity contribution in [1.82, 2.24) is 9.80 Å². The number of carboxylic acid groups (broad SMARTS) is 1. The second-order valence-corrected chi connectivity index (χ2v) is 10.2. The minimum atomic E-state index is -1.39. The Bertz CT molecular complexity index is 1290. The number of rotatable bonds is 8. The number of ether oxygens (including phenoxy) is 2. The Morgan fingerprint density at radius 2 is 1.33 bits per heavy atom. The fourth-order valence-electron chi connectivity index (χ4n) is 5.78. The molecule has 0 radical (unpaired) electrons. The highest BCUT2D eigenvalue weighted by Crippen LogP contribution is 2.46. The van der Waals surface area contributed by atoms with Gasteiger partial charge in [0.2, 0.25) is 0 Å². The van der Waals surface area contributed by atoms with Crippen molar-refractivity contribution in [3.8, 4) is 0 Å². The van der Waals surface area contributed by atoms with E-state index in [0.29, 0.717) is 13.1 Å². The molecule has 8 heteroatoms. The van der Waals surface area contributed by atoms with Crippen LogP contribution in [0.1, 0.15) is 29.5 Å². The Balaban J connectivity index is 1.39. The Labute approximate surface area is 227 Å². The molecule has 2 saturated heterocycles. The van der Waals surface area contributed by atoms with Gasteiger partial charge >= 0.3 is 18.0 Å². The lowest BCUT2D eigenvalue weighted by Crippen LogP contribution is -2.69. The molecule has 2 aliphatic rings. The van der Waals surface area contributed by atoms with Gasteiger partial charge in [-0.15, -0.1) is 0 Å². The van der Waals surface area contributed by atoms with E-state index in [0.717, 1.165) is 16.7 Å². The number of fused-ring (bicyclic) bond motifs is 2. The van der Waals surface area contributed by atoms with Gasteiger partial charge in [-0.3, -0.25) is 14.5 Å². The van der Waals surface area contributed by atoms with Gasteiger partial charge in [-0.1, -0.05) is 91.0 Å². The van der Waals surface area contributed by atoms with Crippen LogP contribution in [0.3, 0.4) is 0 Å². The maximum atomic E-state index is 13.6. The highest BCUT2D eigenvalue weighted by atomic mass is 16.6. The van der Waals surface area contributed by atoms with Gasteiger partial charge in [0.1, 0.15) is 19.3 Å². The lowest BCUT2D eigenvalue weighted by atomic mass is 9.66. The number of carbonyl (C=O) groups excluding carboxylic acids is 2. The molecule has 0 saturated carbocycles. The first kappa shape index (κ1) is 26.4. The summed E-state index contributed by atoms with van der Waals surface area (Å²) in [6.07, 6.45) is -0.206. The van der Waals surface area contributed by atoms with Crippen molar-refractivity contribution in [2.75, 3.05) is 13.1 Å². The largest absolute Gasteiger partial charge is 0.481 e. The molecule has 3 atom stereocenters. The van der Waals surface area contributed by atoms with Crippen LogP contribution < -0.4 is 0 Å². The van der Waals surface area contributed by atoms with Crippen LogP contribution in [0.15, 0.2) is 91.0 Å². The molecule has 8 nitrogen and oxygen atoms in total. The normalized spacial score (nSPS) is 22.6. The summed E-state index contributed by atoms with van der Waals surface area (Å²) in [4.78, 5) is 43.1. The number of likely N-dealkylation sites (tertiary alicyclic amines) is 2. The molecule has 2 heterocycles. The van der Waals surface area contributed by atoms with Gasteiger partial charge in [-0.25, -0.2) is 4.79 Å². The minimum absolute atomic E-state index is 0.0619. The third-order valence-electron chi connectivity index (χ3n) is 7.71. The van der Waals surface area contributed by atoms with Crippen molar-refractivity contribution in [1.29, 1.82) is 0 Å². The van der Waals surface area contributed by atoms with E-state index in [1.807, 2.05) is 95.9 Å². The quantitative estimate of drug-likeness (QED) is 0.431. The first-order valence-electron chi connectivity index (χ1n) is 13.2. The number of nitrogens with zero attached hydrogens (tertiary/aromatic N) is 2. The van der Waals surface area contributed by atoms with E-state index in [1.165, 1.54) is 0 Å². The molecule has 39 heavy (non-hydrogen) atoms. The molecule has 2 aliphatic heterocycles. The predicted octanol–water partition coefficient (Wildman–Crippen LogP) is 4.49. The van der Waals surface area contributed by atoms with Crippen LogP contribution in [-0.4, -0.2) is 58.1 Å². The summed E-state index contributed by atoms with van der Waals surface area (Å²) < 4.78 is 11.3. The lowest BCUT2D eigenvalue weighted by Gasteiger charge is -2.54. The summed E-state index contributed by atoms with van der Waals surface area (Å²) in [6.45, 7) is 1.06. The van der Waals surface area contributed by atoms with E-state index < -0.39 is 35.5 Å².